The Morgan fingerprint density at radius 3 is 2.45 bits per heavy atom. The number of fused-ring (bicyclic) bond motifs is 1. The number of methoxy groups -OCH3 is 1. The zero-order valence-electron chi connectivity index (χ0n) is 23.3. The van der Waals surface area contributed by atoms with E-state index < -0.39 is 11.9 Å². The summed E-state index contributed by atoms with van der Waals surface area (Å²) >= 11 is 6.79. The third-order valence-corrected chi connectivity index (χ3v) is 8.09. The number of benzene rings is 3. The van der Waals surface area contributed by atoms with E-state index >= 15 is 0 Å². The van der Waals surface area contributed by atoms with Gasteiger partial charge >= 0.3 is 5.97 Å². The lowest BCUT2D eigenvalue weighted by molar-refractivity contribution is -0.140. The number of carbonyl (C=O) groups excluding carboxylic acids is 2. The van der Waals surface area contributed by atoms with Crippen LogP contribution in [0, 0.1) is 0 Å². The molecule has 3 aromatic carbocycles. The SMILES string of the molecule is COc1ccc([C@@H]2CC(=O)C3=C(C2)NC(C)=C(C(=O)OCCOc2ccccc2)[C@H]3c2cc3c(cc2Cl)OCO3)cc1. The van der Waals surface area contributed by atoms with Crippen LogP contribution in [0.4, 0.5) is 0 Å². The van der Waals surface area contributed by atoms with Gasteiger partial charge in [-0.25, -0.2) is 4.79 Å². The molecule has 0 bridgehead atoms. The second kappa shape index (κ2) is 11.8. The quantitative estimate of drug-likeness (QED) is 0.251. The molecule has 3 aliphatic rings. The van der Waals surface area contributed by atoms with Crippen LogP contribution in [-0.4, -0.2) is 38.9 Å². The number of para-hydroxylation sites is 1. The van der Waals surface area contributed by atoms with E-state index in [4.69, 9.17) is 35.3 Å². The summed E-state index contributed by atoms with van der Waals surface area (Å²) in [4.78, 5) is 27.6. The molecule has 1 N–H and O–H groups in total. The molecule has 0 radical (unpaired) electrons. The molecule has 0 unspecified atom stereocenters. The van der Waals surface area contributed by atoms with E-state index in [1.54, 1.807) is 19.2 Å². The Balaban J connectivity index is 1.32. The van der Waals surface area contributed by atoms with Crippen molar-refractivity contribution in [1.82, 2.24) is 5.32 Å². The second-order valence-electron chi connectivity index (χ2n) is 10.3. The number of halogens is 1. The maximum Gasteiger partial charge on any atom is 0.336 e. The Kier molecular flexibility index (Phi) is 7.80. The van der Waals surface area contributed by atoms with Crippen LogP contribution in [0.5, 0.6) is 23.0 Å². The van der Waals surface area contributed by atoms with Crippen LogP contribution in [0.15, 0.2) is 89.3 Å². The van der Waals surface area contributed by atoms with Crippen molar-refractivity contribution in [2.75, 3.05) is 27.1 Å². The summed E-state index contributed by atoms with van der Waals surface area (Å²) in [5, 5.41) is 3.74. The molecule has 0 aromatic heterocycles. The predicted octanol–water partition coefficient (Wildman–Crippen LogP) is 6.06. The second-order valence-corrected chi connectivity index (χ2v) is 10.7. The lowest BCUT2D eigenvalue weighted by atomic mass is 9.71. The van der Waals surface area contributed by atoms with Crippen molar-refractivity contribution in [3.05, 3.63) is 105 Å². The first kappa shape index (κ1) is 27.7. The fraction of sp³-hybridized carbons (Fsp3) is 0.273. The lowest BCUT2D eigenvalue weighted by Gasteiger charge is -2.37. The molecule has 1 aliphatic carbocycles. The van der Waals surface area contributed by atoms with Crippen molar-refractivity contribution in [1.29, 1.82) is 0 Å². The Bertz CT molecular complexity index is 1580. The zero-order valence-corrected chi connectivity index (χ0v) is 24.0. The summed E-state index contributed by atoms with van der Waals surface area (Å²) in [5.41, 5.74) is 3.83. The summed E-state index contributed by atoms with van der Waals surface area (Å²) in [6.07, 6.45) is 0.883. The van der Waals surface area contributed by atoms with Gasteiger partial charge in [-0.3, -0.25) is 4.79 Å². The number of nitrogens with one attached hydrogen (secondary N) is 1. The molecule has 2 aliphatic heterocycles. The van der Waals surface area contributed by atoms with Gasteiger partial charge in [-0.1, -0.05) is 41.9 Å². The number of allylic oxidation sites excluding steroid dienone is 3. The fourth-order valence-electron chi connectivity index (χ4n) is 5.77. The lowest BCUT2D eigenvalue weighted by Crippen LogP contribution is -2.36. The molecule has 0 spiro atoms. The van der Waals surface area contributed by atoms with Gasteiger partial charge in [-0.15, -0.1) is 0 Å². The third kappa shape index (κ3) is 5.42. The molecular formula is C33H30ClNO7. The molecule has 0 saturated carbocycles. The first-order valence-corrected chi connectivity index (χ1v) is 14.1. The van der Waals surface area contributed by atoms with E-state index in [2.05, 4.69) is 5.32 Å². The van der Waals surface area contributed by atoms with Gasteiger partial charge in [-0.05, 0) is 60.7 Å². The van der Waals surface area contributed by atoms with Crippen LogP contribution < -0.4 is 24.3 Å². The molecule has 0 saturated heterocycles. The topological polar surface area (TPSA) is 92.3 Å². The summed E-state index contributed by atoms with van der Waals surface area (Å²) in [6.45, 7) is 2.10. The maximum absolute atomic E-state index is 13.9. The van der Waals surface area contributed by atoms with Gasteiger partial charge in [0.15, 0.2) is 17.3 Å². The van der Waals surface area contributed by atoms with Crippen molar-refractivity contribution in [3.63, 3.8) is 0 Å². The molecule has 9 heteroatoms. The highest BCUT2D eigenvalue weighted by Gasteiger charge is 2.42. The average Bonchev–Trinajstić information content (AvgIpc) is 3.46. The fourth-order valence-corrected chi connectivity index (χ4v) is 6.04. The van der Waals surface area contributed by atoms with Crippen molar-refractivity contribution >= 4 is 23.4 Å². The highest BCUT2D eigenvalue weighted by Crippen LogP contribution is 2.49. The number of hydrogen-bond donors (Lipinski definition) is 1. The molecule has 3 aromatic rings. The largest absolute Gasteiger partial charge is 0.497 e. The number of Topliss-reactive ketones (excluding diaryl/α,β-unsaturated/α-hetero) is 1. The number of esters is 1. The van der Waals surface area contributed by atoms with E-state index in [1.807, 2.05) is 61.5 Å². The number of carbonyl (C=O) groups is 2. The third-order valence-electron chi connectivity index (χ3n) is 7.77. The zero-order chi connectivity index (χ0) is 29.2. The molecule has 2 heterocycles. The molecule has 8 nitrogen and oxygen atoms in total. The number of ketones is 1. The Hall–Kier alpha value is -4.43. The normalized spacial score (nSPS) is 19.3. The summed E-state index contributed by atoms with van der Waals surface area (Å²) in [6, 6.07) is 20.5. The van der Waals surface area contributed by atoms with E-state index in [0.717, 1.165) is 17.0 Å². The van der Waals surface area contributed by atoms with Crippen molar-refractivity contribution in [3.8, 4) is 23.0 Å². The summed E-state index contributed by atoms with van der Waals surface area (Å²) in [7, 11) is 1.62. The molecule has 216 valence electrons. The Morgan fingerprint density at radius 2 is 1.71 bits per heavy atom. The van der Waals surface area contributed by atoms with E-state index in [9.17, 15) is 9.59 Å². The van der Waals surface area contributed by atoms with Gasteiger partial charge in [0.25, 0.3) is 0 Å². The van der Waals surface area contributed by atoms with Gasteiger partial charge in [0.05, 0.1) is 12.7 Å². The van der Waals surface area contributed by atoms with Crippen LogP contribution >= 0.6 is 11.6 Å². The Labute approximate surface area is 248 Å². The van der Waals surface area contributed by atoms with Crippen molar-refractivity contribution in [2.45, 2.75) is 31.6 Å². The smallest absolute Gasteiger partial charge is 0.336 e. The van der Waals surface area contributed by atoms with Crippen LogP contribution in [0.1, 0.15) is 42.7 Å². The van der Waals surface area contributed by atoms with Crippen molar-refractivity contribution in [2.24, 2.45) is 0 Å². The van der Waals surface area contributed by atoms with Gasteiger partial charge in [0.1, 0.15) is 24.7 Å². The average molecular weight is 588 g/mol. The van der Waals surface area contributed by atoms with Gasteiger partial charge < -0.3 is 29.0 Å². The van der Waals surface area contributed by atoms with Crippen molar-refractivity contribution < 1.29 is 33.3 Å². The number of ether oxygens (including phenoxy) is 5. The van der Waals surface area contributed by atoms with E-state index in [1.165, 1.54) is 0 Å². The van der Waals surface area contributed by atoms with Crippen LogP contribution in [-0.2, 0) is 14.3 Å². The number of hydrogen-bond acceptors (Lipinski definition) is 8. The highest BCUT2D eigenvalue weighted by atomic mass is 35.5. The minimum absolute atomic E-state index is 0.0287. The van der Waals surface area contributed by atoms with Gasteiger partial charge in [0, 0.05) is 40.4 Å². The highest BCUT2D eigenvalue weighted by molar-refractivity contribution is 6.32. The first-order valence-electron chi connectivity index (χ1n) is 13.7. The molecule has 0 fully saturated rings. The van der Waals surface area contributed by atoms with Crippen LogP contribution in [0.2, 0.25) is 5.02 Å². The summed E-state index contributed by atoms with van der Waals surface area (Å²) < 4.78 is 27.8. The van der Waals surface area contributed by atoms with Crippen LogP contribution in [0.3, 0.4) is 0 Å². The molecule has 6 rings (SSSR count). The minimum atomic E-state index is -0.741. The minimum Gasteiger partial charge on any atom is -0.497 e. The first-order chi connectivity index (χ1) is 20.4. The van der Waals surface area contributed by atoms with Gasteiger partial charge in [0.2, 0.25) is 6.79 Å². The molecular weight excluding hydrogens is 558 g/mol. The maximum atomic E-state index is 13.9. The van der Waals surface area contributed by atoms with E-state index in [-0.39, 0.29) is 38.1 Å². The Morgan fingerprint density at radius 1 is 0.976 bits per heavy atom. The monoisotopic (exact) mass is 587 g/mol. The standard InChI is InChI=1S/C33H30ClNO7/c1-19-30(33(37)40-13-12-39-23-6-4-3-5-7-23)31(24-16-28-29(17-25(24)34)42-18-41-28)32-26(35-19)14-21(15-27(32)36)20-8-10-22(38-2)11-9-20/h3-11,16-17,21,31,35H,12-15,18H2,1-2H3/t21-,31+/m0/s1. The van der Waals surface area contributed by atoms with Crippen LogP contribution in [0.25, 0.3) is 0 Å². The van der Waals surface area contributed by atoms with Gasteiger partial charge in [-0.2, -0.15) is 0 Å². The van der Waals surface area contributed by atoms with E-state index in [0.29, 0.717) is 51.1 Å². The molecule has 42 heavy (non-hydrogen) atoms. The molecule has 2 atom stereocenters. The predicted molar refractivity (Wildman–Crippen MR) is 156 cm³/mol. The number of dihydropyridines is 1. The number of rotatable bonds is 8. The molecule has 0 amide bonds. The summed E-state index contributed by atoms with van der Waals surface area (Å²) in [5.74, 6) is 1.09.